The Hall–Kier alpha value is -0.0400. The van der Waals surface area contributed by atoms with Crippen LogP contribution in [-0.4, -0.2) is 6.04 Å². The monoisotopic (exact) mass is 279 g/mol. The lowest BCUT2D eigenvalue weighted by Crippen LogP contribution is -2.45. The zero-order valence-electron chi connectivity index (χ0n) is 14.5. The number of hydrogen-bond donors (Lipinski definition) is 1. The summed E-state index contributed by atoms with van der Waals surface area (Å²) in [5.74, 6) is 2.74. The van der Waals surface area contributed by atoms with Gasteiger partial charge in [-0.3, -0.25) is 0 Å². The number of nitrogens with two attached hydrogens (primary N) is 1. The first-order chi connectivity index (χ1) is 9.24. The fourth-order valence-corrected chi connectivity index (χ4v) is 5.06. The second-order valence-electron chi connectivity index (χ2n) is 9.08. The Labute approximate surface area is 127 Å². The molecule has 0 radical (unpaired) electrons. The van der Waals surface area contributed by atoms with Crippen LogP contribution in [0.25, 0.3) is 0 Å². The molecule has 0 spiro atoms. The van der Waals surface area contributed by atoms with Crippen molar-refractivity contribution in [2.75, 3.05) is 0 Å². The van der Waals surface area contributed by atoms with Gasteiger partial charge in [0.25, 0.3) is 0 Å². The Morgan fingerprint density at radius 3 is 2.10 bits per heavy atom. The van der Waals surface area contributed by atoms with E-state index in [0.29, 0.717) is 16.9 Å². The Bertz CT molecular complexity index is 312. The Balaban J connectivity index is 2.11. The van der Waals surface area contributed by atoms with Gasteiger partial charge < -0.3 is 5.73 Å². The van der Waals surface area contributed by atoms with E-state index in [0.717, 1.165) is 17.8 Å². The normalized spacial score (nSPS) is 44.1. The van der Waals surface area contributed by atoms with Crippen molar-refractivity contribution in [3.8, 4) is 0 Å². The summed E-state index contributed by atoms with van der Waals surface area (Å²) in [6.45, 7) is 12.6. The molecule has 20 heavy (non-hydrogen) atoms. The first-order valence-electron chi connectivity index (χ1n) is 9.00. The molecule has 1 nitrogen and oxygen atoms in total. The average Bonchev–Trinajstić information content (AvgIpc) is 2.54. The molecule has 118 valence electrons. The SMILES string of the molecule is CC1CCC(C(C)(C)C2(C)CCC(N)CC2)CC(C)C1. The van der Waals surface area contributed by atoms with Crippen LogP contribution >= 0.6 is 0 Å². The van der Waals surface area contributed by atoms with E-state index in [1.807, 2.05) is 0 Å². The maximum absolute atomic E-state index is 6.14. The zero-order chi connectivity index (χ0) is 15.0. The molecule has 2 fully saturated rings. The van der Waals surface area contributed by atoms with E-state index in [1.54, 1.807) is 0 Å². The average molecular weight is 280 g/mol. The van der Waals surface area contributed by atoms with Crippen LogP contribution in [0.3, 0.4) is 0 Å². The maximum Gasteiger partial charge on any atom is 0.00392 e. The predicted octanol–water partition coefficient (Wildman–Crippen LogP) is 5.38. The van der Waals surface area contributed by atoms with Crippen molar-refractivity contribution in [2.24, 2.45) is 34.3 Å². The van der Waals surface area contributed by atoms with Crippen molar-refractivity contribution in [3.63, 3.8) is 0 Å². The minimum Gasteiger partial charge on any atom is -0.328 e. The van der Waals surface area contributed by atoms with Crippen LogP contribution in [0.5, 0.6) is 0 Å². The smallest absolute Gasteiger partial charge is 0.00392 e. The summed E-state index contributed by atoms with van der Waals surface area (Å²) in [7, 11) is 0. The topological polar surface area (TPSA) is 26.0 Å². The van der Waals surface area contributed by atoms with Crippen molar-refractivity contribution in [2.45, 2.75) is 92.0 Å². The Morgan fingerprint density at radius 1 is 0.900 bits per heavy atom. The van der Waals surface area contributed by atoms with Crippen molar-refractivity contribution in [1.82, 2.24) is 0 Å². The number of hydrogen-bond acceptors (Lipinski definition) is 1. The summed E-state index contributed by atoms with van der Waals surface area (Å²) in [6, 6.07) is 0.465. The van der Waals surface area contributed by atoms with E-state index in [2.05, 4.69) is 34.6 Å². The van der Waals surface area contributed by atoms with Crippen molar-refractivity contribution < 1.29 is 0 Å². The van der Waals surface area contributed by atoms with Crippen LogP contribution < -0.4 is 5.73 Å². The van der Waals surface area contributed by atoms with Crippen LogP contribution in [0.2, 0.25) is 0 Å². The van der Waals surface area contributed by atoms with Crippen LogP contribution in [0.1, 0.15) is 86.0 Å². The summed E-state index contributed by atoms with van der Waals surface area (Å²) in [4.78, 5) is 0. The van der Waals surface area contributed by atoms with Crippen molar-refractivity contribution in [1.29, 1.82) is 0 Å². The second-order valence-corrected chi connectivity index (χ2v) is 9.08. The lowest BCUT2D eigenvalue weighted by Gasteiger charge is -2.52. The molecule has 0 aromatic carbocycles. The molecule has 0 aliphatic heterocycles. The van der Waals surface area contributed by atoms with Crippen LogP contribution in [0, 0.1) is 28.6 Å². The molecule has 0 aromatic rings. The third-order valence-electron chi connectivity index (χ3n) is 7.21. The minimum absolute atomic E-state index is 0.464. The van der Waals surface area contributed by atoms with Gasteiger partial charge in [0.05, 0.1) is 0 Å². The van der Waals surface area contributed by atoms with E-state index in [-0.39, 0.29) is 0 Å². The lowest BCUT2D eigenvalue weighted by molar-refractivity contribution is -0.0212. The molecule has 0 aromatic heterocycles. The third kappa shape index (κ3) is 3.24. The minimum atomic E-state index is 0.464. The fourth-order valence-electron chi connectivity index (χ4n) is 5.06. The molecule has 2 aliphatic rings. The molecule has 3 unspecified atom stereocenters. The summed E-state index contributed by atoms with van der Waals surface area (Å²) in [5, 5.41) is 0. The molecule has 3 atom stereocenters. The summed E-state index contributed by atoms with van der Waals surface area (Å²) in [6.07, 6.45) is 10.9. The van der Waals surface area contributed by atoms with Gasteiger partial charge in [0, 0.05) is 6.04 Å². The van der Waals surface area contributed by atoms with Crippen LogP contribution in [0.4, 0.5) is 0 Å². The fraction of sp³-hybridized carbons (Fsp3) is 1.00. The lowest BCUT2D eigenvalue weighted by atomic mass is 9.53. The van der Waals surface area contributed by atoms with Gasteiger partial charge in [-0.05, 0) is 73.5 Å². The Morgan fingerprint density at radius 2 is 1.50 bits per heavy atom. The quantitative estimate of drug-likeness (QED) is 0.674. The maximum atomic E-state index is 6.14. The number of rotatable bonds is 2. The van der Waals surface area contributed by atoms with E-state index in [9.17, 15) is 0 Å². The van der Waals surface area contributed by atoms with Crippen LogP contribution in [0.15, 0.2) is 0 Å². The third-order valence-corrected chi connectivity index (χ3v) is 7.21. The van der Waals surface area contributed by atoms with Gasteiger partial charge in [-0.15, -0.1) is 0 Å². The highest BCUT2D eigenvalue weighted by molar-refractivity contribution is 4.98. The van der Waals surface area contributed by atoms with Crippen molar-refractivity contribution in [3.05, 3.63) is 0 Å². The molecule has 0 heterocycles. The zero-order valence-corrected chi connectivity index (χ0v) is 14.5. The molecule has 0 amide bonds. The highest BCUT2D eigenvalue weighted by Gasteiger charge is 2.47. The summed E-state index contributed by atoms with van der Waals surface area (Å²) >= 11 is 0. The molecule has 0 saturated heterocycles. The second kappa shape index (κ2) is 5.99. The Kier molecular flexibility index (Phi) is 4.89. The largest absolute Gasteiger partial charge is 0.328 e. The first kappa shape index (κ1) is 16.3. The van der Waals surface area contributed by atoms with Gasteiger partial charge in [0.2, 0.25) is 0 Å². The molecule has 2 saturated carbocycles. The van der Waals surface area contributed by atoms with Crippen LogP contribution in [-0.2, 0) is 0 Å². The van der Waals surface area contributed by atoms with Crippen molar-refractivity contribution >= 4 is 0 Å². The highest BCUT2D eigenvalue weighted by Crippen LogP contribution is 2.56. The summed E-state index contributed by atoms with van der Waals surface area (Å²) in [5.41, 5.74) is 7.11. The van der Waals surface area contributed by atoms with Gasteiger partial charge in [-0.25, -0.2) is 0 Å². The predicted molar refractivity (Wildman–Crippen MR) is 88.6 cm³/mol. The van der Waals surface area contributed by atoms with Gasteiger partial charge >= 0.3 is 0 Å². The van der Waals surface area contributed by atoms with E-state index < -0.39 is 0 Å². The van der Waals surface area contributed by atoms with Gasteiger partial charge in [0.15, 0.2) is 0 Å². The van der Waals surface area contributed by atoms with E-state index >= 15 is 0 Å². The molecule has 0 bridgehead atoms. The standard InChI is InChI=1S/C19H37N/c1-14-6-7-16(13-15(2)12-14)18(3,4)19(5)10-8-17(20)9-11-19/h14-17H,6-13,20H2,1-5H3. The molecule has 2 rings (SSSR count). The van der Waals surface area contributed by atoms with Gasteiger partial charge in [0.1, 0.15) is 0 Å². The first-order valence-corrected chi connectivity index (χ1v) is 9.00. The molecular formula is C19H37N. The van der Waals surface area contributed by atoms with Gasteiger partial charge in [-0.2, -0.15) is 0 Å². The van der Waals surface area contributed by atoms with E-state index in [1.165, 1.54) is 51.4 Å². The highest BCUT2D eigenvalue weighted by atomic mass is 14.7. The molecule has 2 N–H and O–H groups in total. The molecule has 1 heteroatoms. The molecular weight excluding hydrogens is 242 g/mol. The van der Waals surface area contributed by atoms with E-state index in [4.69, 9.17) is 5.73 Å². The molecule has 2 aliphatic carbocycles. The van der Waals surface area contributed by atoms with Gasteiger partial charge in [-0.1, -0.05) is 41.0 Å². The summed E-state index contributed by atoms with van der Waals surface area (Å²) < 4.78 is 0.